The minimum absolute atomic E-state index is 0.208. The number of nitrogens with zero attached hydrogens (tertiary/aromatic N) is 1. The molecule has 0 aliphatic heterocycles. The van der Waals surface area contributed by atoms with Gasteiger partial charge in [0.15, 0.2) is 0 Å². The average Bonchev–Trinajstić information content (AvgIpc) is 2.27. The van der Waals surface area contributed by atoms with Gasteiger partial charge in [-0.1, -0.05) is 6.92 Å². The van der Waals surface area contributed by atoms with Crippen LogP contribution in [0.4, 0.5) is 0 Å². The smallest absolute Gasteiger partial charge is 0.147 e. The first kappa shape index (κ1) is 15.1. The van der Waals surface area contributed by atoms with Crippen LogP contribution in [0, 0.1) is 6.92 Å². The number of aryl methyl sites for hydroxylation is 1. The Kier molecular flexibility index (Phi) is 5.75. The Balaban J connectivity index is 2.69. The van der Waals surface area contributed by atoms with Gasteiger partial charge in [-0.3, -0.25) is 4.98 Å². The first-order valence-corrected chi connectivity index (χ1v) is 8.31. The maximum absolute atomic E-state index is 11.1. The molecule has 0 fully saturated rings. The first-order valence-electron chi connectivity index (χ1n) is 6.25. The minimum Gasteiger partial charge on any atom is -0.310 e. The van der Waals surface area contributed by atoms with Crippen LogP contribution in [0.25, 0.3) is 0 Å². The molecule has 1 unspecified atom stereocenters. The standard InChI is InChI=1S/C13H22N2O2S/c1-4-15-13(6-5-9-18(3,16)17)12-7-8-14-10-11(12)2/h7-8,10,13,15H,4-6,9H2,1-3H3. The Morgan fingerprint density at radius 3 is 2.72 bits per heavy atom. The van der Waals surface area contributed by atoms with Crippen LogP contribution in [-0.2, 0) is 9.84 Å². The molecular weight excluding hydrogens is 248 g/mol. The van der Waals surface area contributed by atoms with Crippen molar-refractivity contribution in [3.8, 4) is 0 Å². The van der Waals surface area contributed by atoms with E-state index in [1.807, 2.05) is 19.2 Å². The molecular formula is C13H22N2O2S. The molecule has 1 aromatic rings. The van der Waals surface area contributed by atoms with Gasteiger partial charge in [0.25, 0.3) is 0 Å². The summed E-state index contributed by atoms with van der Waals surface area (Å²) in [5.74, 6) is 0.249. The van der Waals surface area contributed by atoms with E-state index in [9.17, 15) is 8.42 Å². The van der Waals surface area contributed by atoms with Crippen LogP contribution in [0.1, 0.15) is 36.9 Å². The molecule has 18 heavy (non-hydrogen) atoms. The van der Waals surface area contributed by atoms with Gasteiger partial charge in [0.1, 0.15) is 9.84 Å². The van der Waals surface area contributed by atoms with Crippen LogP contribution in [0.15, 0.2) is 18.5 Å². The van der Waals surface area contributed by atoms with Crippen molar-refractivity contribution in [2.24, 2.45) is 0 Å². The van der Waals surface area contributed by atoms with E-state index in [4.69, 9.17) is 0 Å². The summed E-state index contributed by atoms with van der Waals surface area (Å²) in [7, 11) is -2.87. The summed E-state index contributed by atoms with van der Waals surface area (Å²) in [4.78, 5) is 4.08. The van der Waals surface area contributed by atoms with E-state index in [1.54, 1.807) is 6.20 Å². The van der Waals surface area contributed by atoms with E-state index < -0.39 is 9.84 Å². The quantitative estimate of drug-likeness (QED) is 0.821. The Labute approximate surface area is 110 Å². The number of sulfone groups is 1. The SMILES string of the molecule is CCNC(CCCS(C)(=O)=O)c1ccncc1C. The predicted molar refractivity (Wildman–Crippen MR) is 74.3 cm³/mol. The molecule has 0 bridgehead atoms. The monoisotopic (exact) mass is 270 g/mol. The van der Waals surface area contributed by atoms with Crippen LogP contribution >= 0.6 is 0 Å². The lowest BCUT2D eigenvalue weighted by molar-refractivity contribution is 0.504. The summed E-state index contributed by atoms with van der Waals surface area (Å²) in [5.41, 5.74) is 2.35. The largest absolute Gasteiger partial charge is 0.310 e. The second-order valence-corrected chi connectivity index (χ2v) is 6.87. The highest BCUT2D eigenvalue weighted by Gasteiger charge is 2.13. The molecule has 4 nitrogen and oxygen atoms in total. The van der Waals surface area contributed by atoms with E-state index in [-0.39, 0.29) is 11.8 Å². The topological polar surface area (TPSA) is 59.1 Å². The fraction of sp³-hybridized carbons (Fsp3) is 0.615. The molecule has 1 N–H and O–H groups in total. The highest BCUT2D eigenvalue weighted by Crippen LogP contribution is 2.21. The molecule has 0 spiro atoms. The summed E-state index contributed by atoms with van der Waals surface area (Å²) < 4.78 is 22.3. The second kappa shape index (κ2) is 6.85. The third kappa shape index (κ3) is 5.14. The van der Waals surface area contributed by atoms with Crippen LogP contribution < -0.4 is 5.32 Å². The number of hydrogen-bond donors (Lipinski definition) is 1. The number of nitrogens with one attached hydrogen (secondary N) is 1. The van der Waals surface area contributed by atoms with Gasteiger partial charge in [0, 0.05) is 30.4 Å². The second-order valence-electron chi connectivity index (χ2n) is 4.61. The Bertz CT molecular complexity index is 472. The Morgan fingerprint density at radius 2 is 2.17 bits per heavy atom. The van der Waals surface area contributed by atoms with E-state index >= 15 is 0 Å². The summed E-state index contributed by atoms with van der Waals surface area (Å²) in [6.07, 6.45) is 6.41. The molecule has 0 aliphatic carbocycles. The molecule has 5 heteroatoms. The summed E-state index contributed by atoms with van der Waals surface area (Å²) >= 11 is 0. The maximum Gasteiger partial charge on any atom is 0.147 e. The first-order chi connectivity index (χ1) is 8.44. The summed E-state index contributed by atoms with van der Waals surface area (Å²) in [6, 6.07) is 2.21. The molecule has 1 aromatic heterocycles. The Morgan fingerprint density at radius 1 is 1.44 bits per heavy atom. The fourth-order valence-corrected chi connectivity index (χ4v) is 2.73. The fourth-order valence-electron chi connectivity index (χ4n) is 2.04. The van der Waals surface area contributed by atoms with Crippen molar-refractivity contribution >= 4 is 9.84 Å². The molecule has 0 amide bonds. The van der Waals surface area contributed by atoms with Crippen molar-refractivity contribution in [3.63, 3.8) is 0 Å². The van der Waals surface area contributed by atoms with Gasteiger partial charge >= 0.3 is 0 Å². The predicted octanol–water partition coefficient (Wildman–Crippen LogP) is 1.87. The van der Waals surface area contributed by atoms with Crippen molar-refractivity contribution in [2.75, 3.05) is 18.6 Å². The van der Waals surface area contributed by atoms with E-state index in [1.165, 1.54) is 11.8 Å². The van der Waals surface area contributed by atoms with Crippen LogP contribution in [0.3, 0.4) is 0 Å². The lowest BCUT2D eigenvalue weighted by atomic mass is 9.99. The molecule has 102 valence electrons. The highest BCUT2D eigenvalue weighted by molar-refractivity contribution is 7.90. The van der Waals surface area contributed by atoms with Gasteiger partial charge in [0.2, 0.25) is 0 Å². The van der Waals surface area contributed by atoms with Crippen molar-refractivity contribution in [3.05, 3.63) is 29.6 Å². The van der Waals surface area contributed by atoms with Gasteiger partial charge in [-0.15, -0.1) is 0 Å². The number of pyridine rings is 1. The highest BCUT2D eigenvalue weighted by atomic mass is 32.2. The maximum atomic E-state index is 11.1. The van der Waals surface area contributed by atoms with Crippen molar-refractivity contribution in [2.45, 2.75) is 32.7 Å². The molecule has 0 radical (unpaired) electrons. The lowest BCUT2D eigenvalue weighted by Crippen LogP contribution is -2.22. The number of hydrogen-bond acceptors (Lipinski definition) is 4. The zero-order valence-electron chi connectivity index (χ0n) is 11.3. The molecule has 0 aliphatic rings. The third-order valence-corrected chi connectivity index (χ3v) is 3.93. The molecule has 1 atom stereocenters. The molecule has 0 aromatic carbocycles. The van der Waals surface area contributed by atoms with Gasteiger partial charge in [0.05, 0.1) is 0 Å². The van der Waals surface area contributed by atoms with Crippen LogP contribution in [0.5, 0.6) is 0 Å². The van der Waals surface area contributed by atoms with Gasteiger partial charge in [-0.05, 0) is 43.5 Å². The summed E-state index contributed by atoms with van der Waals surface area (Å²) in [5, 5.41) is 3.40. The van der Waals surface area contributed by atoms with Crippen molar-refractivity contribution in [1.82, 2.24) is 10.3 Å². The average molecular weight is 270 g/mol. The molecule has 0 saturated heterocycles. The van der Waals surface area contributed by atoms with E-state index in [0.717, 1.165) is 18.5 Å². The van der Waals surface area contributed by atoms with Gasteiger partial charge < -0.3 is 5.32 Å². The normalized spacial score (nSPS) is 13.5. The van der Waals surface area contributed by atoms with Crippen LogP contribution in [0.2, 0.25) is 0 Å². The van der Waals surface area contributed by atoms with E-state index in [2.05, 4.69) is 17.2 Å². The van der Waals surface area contributed by atoms with Crippen molar-refractivity contribution < 1.29 is 8.42 Å². The van der Waals surface area contributed by atoms with Crippen LogP contribution in [-0.4, -0.2) is 32.0 Å². The Hall–Kier alpha value is -0.940. The lowest BCUT2D eigenvalue weighted by Gasteiger charge is -2.19. The van der Waals surface area contributed by atoms with E-state index in [0.29, 0.717) is 6.42 Å². The van der Waals surface area contributed by atoms with Gasteiger partial charge in [-0.2, -0.15) is 0 Å². The summed E-state index contributed by atoms with van der Waals surface area (Å²) in [6.45, 7) is 4.95. The zero-order valence-corrected chi connectivity index (χ0v) is 12.1. The molecule has 0 saturated carbocycles. The number of rotatable bonds is 7. The minimum atomic E-state index is -2.87. The molecule has 1 heterocycles. The number of aromatic nitrogens is 1. The van der Waals surface area contributed by atoms with Crippen molar-refractivity contribution in [1.29, 1.82) is 0 Å². The third-order valence-electron chi connectivity index (χ3n) is 2.90. The molecule has 1 rings (SSSR count). The van der Waals surface area contributed by atoms with Gasteiger partial charge in [-0.25, -0.2) is 8.42 Å². The zero-order chi connectivity index (χ0) is 13.6.